The molecule has 2 aliphatic carbocycles. The first-order chi connectivity index (χ1) is 25.5. The van der Waals surface area contributed by atoms with Gasteiger partial charge in [0.15, 0.2) is 0 Å². The molecule has 254 valence electrons. The molecule has 0 spiro atoms. The smallest absolute Gasteiger partial charge is 0.0815 e. The van der Waals surface area contributed by atoms with Crippen LogP contribution in [0.4, 0.5) is 0 Å². The Balaban J connectivity index is 1.07. The second-order valence-corrected chi connectivity index (χ2v) is 14.9. The summed E-state index contributed by atoms with van der Waals surface area (Å²) < 4.78 is 2.46. The molecule has 1 fully saturated rings. The van der Waals surface area contributed by atoms with E-state index in [-0.39, 0.29) is 23.9 Å². The van der Waals surface area contributed by atoms with E-state index in [4.69, 9.17) is 5.32 Å². The topological polar surface area (TPSA) is 43.1 Å². The van der Waals surface area contributed by atoms with Crippen LogP contribution in [0.3, 0.4) is 0 Å². The molecule has 0 bridgehead atoms. The van der Waals surface area contributed by atoms with E-state index >= 15 is 0 Å². The van der Waals surface area contributed by atoms with E-state index in [1.807, 2.05) is 0 Å². The van der Waals surface area contributed by atoms with Crippen LogP contribution in [0.2, 0.25) is 0 Å². The second-order valence-electron chi connectivity index (χ2n) is 14.9. The van der Waals surface area contributed by atoms with Gasteiger partial charge in [-0.1, -0.05) is 171 Å². The molecule has 0 saturated carbocycles. The van der Waals surface area contributed by atoms with Gasteiger partial charge in [0.2, 0.25) is 0 Å². The third-order valence-corrected chi connectivity index (χ3v) is 11.6. The summed E-state index contributed by atoms with van der Waals surface area (Å²) in [6.45, 7) is 4.72. The number of hydrogen-bond donors (Lipinski definition) is 2. The van der Waals surface area contributed by atoms with Gasteiger partial charge in [-0.15, -0.1) is 0 Å². The molecule has 1 aliphatic heterocycles. The molecule has 7 aromatic rings. The van der Waals surface area contributed by atoms with Gasteiger partial charge in [-0.05, 0) is 76.1 Å². The molecule has 1 saturated heterocycles. The third-order valence-electron chi connectivity index (χ3n) is 11.6. The molecular weight excluding hydrogens is 633 g/mol. The lowest BCUT2D eigenvalue weighted by Crippen LogP contribution is -2.49. The van der Waals surface area contributed by atoms with E-state index < -0.39 is 0 Å². The highest BCUT2D eigenvalue weighted by Gasteiger charge is 2.37. The zero-order chi connectivity index (χ0) is 34.8. The van der Waals surface area contributed by atoms with Crippen LogP contribution in [-0.2, 0) is 5.41 Å². The zero-order valence-electron chi connectivity index (χ0n) is 29.6. The predicted molar refractivity (Wildman–Crippen MR) is 215 cm³/mol. The fourth-order valence-electron chi connectivity index (χ4n) is 8.96. The van der Waals surface area contributed by atoms with Crippen molar-refractivity contribution >= 4 is 27.4 Å². The molecule has 3 unspecified atom stereocenters. The van der Waals surface area contributed by atoms with Gasteiger partial charge in [-0.25, -0.2) is 0 Å². The molecule has 1 aromatic heterocycles. The second kappa shape index (κ2) is 12.3. The molecule has 3 atom stereocenters. The lowest BCUT2D eigenvalue weighted by Gasteiger charge is -2.51. The molecule has 4 heteroatoms. The number of aromatic nitrogens is 1. The van der Waals surface area contributed by atoms with E-state index in [1.54, 1.807) is 0 Å². The zero-order valence-corrected chi connectivity index (χ0v) is 29.6. The van der Waals surface area contributed by atoms with Gasteiger partial charge in [-0.2, -0.15) is 0 Å². The Morgan fingerprint density at radius 2 is 1.35 bits per heavy atom. The van der Waals surface area contributed by atoms with Crippen LogP contribution in [0.25, 0.3) is 49.5 Å². The highest BCUT2D eigenvalue weighted by molar-refractivity contribution is 6.17. The maximum Gasteiger partial charge on any atom is 0.0815 e. The predicted octanol–water partition coefficient (Wildman–Crippen LogP) is 11.5. The summed E-state index contributed by atoms with van der Waals surface area (Å²) in [4.78, 5) is 0. The summed E-state index contributed by atoms with van der Waals surface area (Å²) in [6.07, 6.45) is 6.23. The Kier molecular flexibility index (Phi) is 7.40. The van der Waals surface area contributed by atoms with Crippen molar-refractivity contribution in [2.75, 3.05) is 0 Å². The fourth-order valence-corrected chi connectivity index (χ4v) is 8.96. The van der Waals surface area contributed by atoms with Gasteiger partial charge in [0.05, 0.1) is 17.2 Å². The summed E-state index contributed by atoms with van der Waals surface area (Å²) in [5.74, 6) is 0. The summed E-state index contributed by atoms with van der Waals surface area (Å²) in [5.41, 5.74) is 15.4. The van der Waals surface area contributed by atoms with Crippen molar-refractivity contribution in [3.8, 4) is 16.8 Å². The van der Waals surface area contributed by atoms with Crippen molar-refractivity contribution in [1.82, 2.24) is 15.2 Å². The van der Waals surface area contributed by atoms with E-state index in [9.17, 15) is 0 Å². The van der Waals surface area contributed by atoms with Gasteiger partial charge in [0, 0.05) is 21.9 Å². The van der Waals surface area contributed by atoms with Crippen molar-refractivity contribution in [3.05, 3.63) is 196 Å². The van der Waals surface area contributed by atoms with Crippen LogP contribution in [0.5, 0.6) is 0 Å². The lowest BCUT2D eigenvalue weighted by molar-refractivity contribution is 0.328. The maximum atomic E-state index is 5.34. The van der Waals surface area contributed by atoms with Gasteiger partial charge < -0.3 is 20.5 Å². The van der Waals surface area contributed by atoms with Gasteiger partial charge in [-0.3, -0.25) is 0 Å². The first-order valence-corrected chi connectivity index (χ1v) is 18.5. The van der Waals surface area contributed by atoms with Gasteiger partial charge >= 0.3 is 0 Å². The Hall–Kier alpha value is -5.52. The van der Waals surface area contributed by atoms with Crippen molar-refractivity contribution < 1.29 is 0 Å². The SMILES string of the molecule is CC1(C)c2ccccc2-c2c1ccc1c2c2ccccc2n1-c1cccc(C2NC(C3=CC=C(c4ccccc4)CC3)[N-]C(c3ccccc3)N2)c1. The standard InChI is InChI=1S/C48H41N4/c1-48(2)39-22-11-9-20-37(39)43-40(48)28-29-42-44(43)38-21-10-12-23-41(38)52(42)36-19-13-18-35(30-36)47-50-45(33-16-7-4-8-17-33)49-46(51-47)34-26-24-32(25-27-34)31-14-5-3-6-15-31/h3-24,26,28-30,45-47,50-51H,25,27H2,1-2H3/q-1. The van der Waals surface area contributed by atoms with E-state index in [0.717, 1.165) is 18.5 Å². The molecule has 6 aromatic carbocycles. The molecule has 52 heavy (non-hydrogen) atoms. The first-order valence-electron chi connectivity index (χ1n) is 18.5. The van der Waals surface area contributed by atoms with Crippen LogP contribution >= 0.6 is 0 Å². The Labute approximate surface area is 305 Å². The van der Waals surface area contributed by atoms with Crippen LogP contribution in [0, 0.1) is 0 Å². The minimum atomic E-state index is -0.138. The summed E-state index contributed by atoms with van der Waals surface area (Å²) in [6, 6.07) is 53.0. The number of benzene rings is 6. The Morgan fingerprint density at radius 3 is 2.17 bits per heavy atom. The summed E-state index contributed by atoms with van der Waals surface area (Å²) >= 11 is 0. The number of rotatable bonds is 5. The first kappa shape index (κ1) is 31.2. The quantitative estimate of drug-likeness (QED) is 0.191. The third kappa shape index (κ3) is 5.02. The van der Waals surface area contributed by atoms with Crippen molar-refractivity contribution in [2.24, 2.45) is 0 Å². The van der Waals surface area contributed by atoms with Gasteiger partial charge in [0.25, 0.3) is 0 Å². The van der Waals surface area contributed by atoms with Crippen LogP contribution in [0.1, 0.15) is 66.8 Å². The normalized spacial score (nSPS) is 20.7. The molecule has 0 radical (unpaired) electrons. The molecule has 0 amide bonds. The molecular formula is C48H41N4-. The van der Waals surface area contributed by atoms with E-state index in [0.29, 0.717) is 0 Å². The number of nitrogens with zero attached hydrogens (tertiary/aromatic N) is 2. The fraction of sp³-hybridized carbons (Fsp3) is 0.167. The number of nitrogens with one attached hydrogen (secondary N) is 2. The monoisotopic (exact) mass is 673 g/mol. The molecule has 10 rings (SSSR count). The van der Waals surface area contributed by atoms with E-state index in [2.05, 4.69) is 187 Å². The Bertz CT molecular complexity index is 2540. The number of allylic oxidation sites excluding steroid dienone is 3. The van der Waals surface area contributed by atoms with Crippen LogP contribution in [-0.4, -0.2) is 10.7 Å². The summed E-state index contributed by atoms with van der Waals surface area (Å²) in [7, 11) is 0. The lowest BCUT2D eigenvalue weighted by atomic mass is 9.82. The minimum Gasteiger partial charge on any atom is -0.625 e. The molecule has 2 heterocycles. The number of hydrogen-bond acceptors (Lipinski definition) is 2. The number of fused-ring (bicyclic) bond motifs is 7. The highest BCUT2D eigenvalue weighted by Crippen LogP contribution is 2.53. The molecule has 4 nitrogen and oxygen atoms in total. The van der Waals surface area contributed by atoms with Crippen molar-refractivity contribution in [2.45, 2.75) is 50.6 Å². The van der Waals surface area contributed by atoms with Crippen LogP contribution in [0.15, 0.2) is 163 Å². The average molecular weight is 674 g/mol. The summed E-state index contributed by atoms with van der Waals surface area (Å²) in [5, 5.41) is 15.7. The van der Waals surface area contributed by atoms with Gasteiger partial charge in [0.1, 0.15) is 0 Å². The maximum absolute atomic E-state index is 5.34. The largest absolute Gasteiger partial charge is 0.625 e. The highest BCUT2D eigenvalue weighted by atomic mass is 15.4. The van der Waals surface area contributed by atoms with Crippen molar-refractivity contribution in [3.63, 3.8) is 0 Å². The molecule has 2 N–H and O–H groups in total. The average Bonchev–Trinajstić information content (AvgIpc) is 3.67. The number of para-hydroxylation sites is 1. The van der Waals surface area contributed by atoms with Crippen molar-refractivity contribution in [1.29, 1.82) is 0 Å². The van der Waals surface area contributed by atoms with Crippen LogP contribution < -0.4 is 10.6 Å². The minimum absolute atomic E-state index is 0.0505. The molecule has 3 aliphatic rings. The van der Waals surface area contributed by atoms with E-state index in [1.165, 1.54) is 71.9 Å². The Morgan fingerprint density at radius 1 is 0.615 bits per heavy atom.